The third-order valence-corrected chi connectivity index (χ3v) is 2.99. The number of nitrogens with zero attached hydrogens (tertiary/aromatic N) is 5. The van der Waals surface area contributed by atoms with Gasteiger partial charge in [0.1, 0.15) is 6.07 Å². The first kappa shape index (κ1) is 12.7. The first-order chi connectivity index (χ1) is 9.67. The Labute approximate surface area is 123 Å². The van der Waals surface area contributed by atoms with Gasteiger partial charge in [0.2, 0.25) is 10.6 Å². The molecule has 0 aliphatic heterocycles. The normalized spacial score (nSPS) is 10.4. The quantitative estimate of drug-likeness (QED) is 0.689. The first-order valence-electron chi connectivity index (χ1n) is 5.55. The summed E-state index contributed by atoms with van der Waals surface area (Å²) in [4.78, 5) is 15.9. The van der Waals surface area contributed by atoms with Crippen molar-refractivity contribution in [1.82, 2.24) is 19.9 Å². The number of hydrogen-bond acceptors (Lipinski definition) is 5. The Balaban J connectivity index is 2.32. The molecule has 1 aromatic carbocycles. The van der Waals surface area contributed by atoms with Gasteiger partial charge in [-0.05, 0) is 35.3 Å². The van der Waals surface area contributed by atoms with Gasteiger partial charge >= 0.3 is 0 Å². The highest BCUT2D eigenvalue weighted by molar-refractivity contribution is 6.31. The van der Waals surface area contributed by atoms with Crippen LogP contribution in [0.1, 0.15) is 5.69 Å². The van der Waals surface area contributed by atoms with E-state index in [4.69, 9.17) is 23.2 Å². The molecule has 0 atom stereocenters. The summed E-state index contributed by atoms with van der Waals surface area (Å²) in [5.41, 5.74) is 1.40. The lowest BCUT2D eigenvalue weighted by atomic mass is 10.1. The summed E-state index contributed by atoms with van der Waals surface area (Å²) >= 11 is 11.5. The molecular weight excluding hydrogens is 297 g/mol. The molecule has 0 aliphatic rings. The SMILES string of the molecule is N#Cc1nc2ccccc2cc1-c1nc(Cl)nc(Cl)n1. The Morgan fingerprint density at radius 1 is 0.950 bits per heavy atom. The predicted octanol–water partition coefficient (Wildman–Crippen LogP) is 3.27. The van der Waals surface area contributed by atoms with Crippen LogP contribution in [-0.2, 0) is 0 Å². The third-order valence-electron chi connectivity index (χ3n) is 2.65. The van der Waals surface area contributed by atoms with Gasteiger partial charge in [-0.2, -0.15) is 20.2 Å². The van der Waals surface area contributed by atoms with Crippen LogP contribution in [0.5, 0.6) is 0 Å². The topological polar surface area (TPSA) is 75.3 Å². The largest absolute Gasteiger partial charge is 0.236 e. The molecule has 3 rings (SSSR count). The molecule has 5 nitrogen and oxygen atoms in total. The minimum absolute atomic E-state index is 0.0305. The Bertz CT molecular complexity index is 837. The molecule has 7 heteroatoms. The second-order valence-corrected chi connectivity index (χ2v) is 4.56. The number of rotatable bonds is 1. The molecule has 0 bridgehead atoms. The lowest BCUT2D eigenvalue weighted by molar-refractivity contribution is 1.05. The van der Waals surface area contributed by atoms with Crippen molar-refractivity contribution in [3.8, 4) is 17.5 Å². The predicted molar refractivity (Wildman–Crippen MR) is 75.3 cm³/mol. The van der Waals surface area contributed by atoms with Crippen molar-refractivity contribution in [3.63, 3.8) is 0 Å². The van der Waals surface area contributed by atoms with E-state index in [0.717, 1.165) is 10.9 Å². The van der Waals surface area contributed by atoms with Crippen molar-refractivity contribution in [2.45, 2.75) is 0 Å². The molecule has 96 valence electrons. The van der Waals surface area contributed by atoms with Crippen LogP contribution < -0.4 is 0 Å². The summed E-state index contributed by atoms with van der Waals surface area (Å²) in [6.07, 6.45) is 0. The van der Waals surface area contributed by atoms with Crippen LogP contribution in [-0.4, -0.2) is 19.9 Å². The average Bonchev–Trinajstić information content (AvgIpc) is 2.44. The van der Waals surface area contributed by atoms with E-state index in [1.165, 1.54) is 0 Å². The third kappa shape index (κ3) is 2.27. The van der Waals surface area contributed by atoms with Crippen LogP contribution in [0.4, 0.5) is 0 Å². The maximum atomic E-state index is 9.23. The van der Waals surface area contributed by atoms with E-state index in [1.807, 2.05) is 30.3 Å². The van der Waals surface area contributed by atoms with Gasteiger partial charge in [0.05, 0.1) is 11.1 Å². The number of nitriles is 1. The highest BCUT2D eigenvalue weighted by Gasteiger charge is 2.13. The fraction of sp³-hybridized carbons (Fsp3) is 0. The number of pyridine rings is 1. The summed E-state index contributed by atoms with van der Waals surface area (Å²) in [6.45, 7) is 0. The van der Waals surface area contributed by atoms with Gasteiger partial charge in [0, 0.05) is 5.39 Å². The first-order valence-corrected chi connectivity index (χ1v) is 6.30. The molecule has 0 radical (unpaired) electrons. The van der Waals surface area contributed by atoms with Crippen molar-refractivity contribution in [2.75, 3.05) is 0 Å². The molecule has 0 amide bonds. The smallest absolute Gasteiger partial charge is 0.227 e. The molecule has 0 spiro atoms. The van der Waals surface area contributed by atoms with Gasteiger partial charge in [-0.3, -0.25) is 0 Å². The molecule has 0 saturated heterocycles. The zero-order valence-corrected chi connectivity index (χ0v) is 11.4. The Hall–Kier alpha value is -2.29. The van der Waals surface area contributed by atoms with E-state index >= 15 is 0 Å². The fourth-order valence-electron chi connectivity index (χ4n) is 1.82. The second kappa shape index (κ2) is 5.00. The van der Waals surface area contributed by atoms with Gasteiger partial charge in [0.25, 0.3) is 0 Å². The van der Waals surface area contributed by atoms with Crippen molar-refractivity contribution >= 4 is 34.1 Å². The maximum Gasteiger partial charge on any atom is 0.227 e. The van der Waals surface area contributed by atoms with E-state index in [2.05, 4.69) is 19.9 Å². The number of para-hydroxylation sites is 1. The van der Waals surface area contributed by atoms with Crippen LogP contribution in [0, 0.1) is 11.3 Å². The van der Waals surface area contributed by atoms with Crippen molar-refractivity contribution in [2.24, 2.45) is 0 Å². The summed E-state index contributed by atoms with van der Waals surface area (Å²) in [7, 11) is 0. The number of fused-ring (bicyclic) bond motifs is 1. The van der Waals surface area contributed by atoms with E-state index in [-0.39, 0.29) is 22.1 Å². The van der Waals surface area contributed by atoms with E-state index < -0.39 is 0 Å². The van der Waals surface area contributed by atoms with Crippen LogP contribution in [0.3, 0.4) is 0 Å². The highest BCUT2D eigenvalue weighted by Crippen LogP contribution is 2.25. The van der Waals surface area contributed by atoms with Crippen LogP contribution in [0.15, 0.2) is 30.3 Å². The molecular formula is C13H5Cl2N5. The number of aromatic nitrogens is 4. The van der Waals surface area contributed by atoms with Gasteiger partial charge in [-0.15, -0.1) is 0 Å². The van der Waals surface area contributed by atoms with Crippen molar-refractivity contribution in [1.29, 1.82) is 5.26 Å². The Morgan fingerprint density at radius 2 is 1.65 bits per heavy atom. The van der Waals surface area contributed by atoms with Crippen molar-refractivity contribution < 1.29 is 0 Å². The van der Waals surface area contributed by atoms with Crippen LogP contribution in [0.2, 0.25) is 10.6 Å². The van der Waals surface area contributed by atoms with Gasteiger partial charge < -0.3 is 0 Å². The molecule has 0 unspecified atom stereocenters. The number of halogens is 2. The molecule has 0 N–H and O–H groups in total. The fourth-order valence-corrected chi connectivity index (χ4v) is 2.18. The summed E-state index contributed by atoms with van der Waals surface area (Å²) in [5.74, 6) is 0.227. The molecule has 2 aromatic heterocycles. The standard InChI is InChI=1S/C13H5Cl2N5/c14-12-18-11(19-13(15)20-12)8-5-7-3-1-2-4-9(7)17-10(8)6-16/h1-5H. The molecule has 2 heterocycles. The number of hydrogen-bond donors (Lipinski definition) is 0. The van der Waals surface area contributed by atoms with Gasteiger partial charge in [0.15, 0.2) is 11.5 Å². The Morgan fingerprint density at radius 3 is 2.35 bits per heavy atom. The Kier molecular flexibility index (Phi) is 3.18. The van der Waals surface area contributed by atoms with Crippen molar-refractivity contribution in [3.05, 3.63) is 46.6 Å². The van der Waals surface area contributed by atoms with Crippen LogP contribution >= 0.6 is 23.2 Å². The number of benzene rings is 1. The summed E-state index contributed by atoms with van der Waals surface area (Å²) < 4.78 is 0. The highest BCUT2D eigenvalue weighted by atomic mass is 35.5. The van der Waals surface area contributed by atoms with Gasteiger partial charge in [-0.1, -0.05) is 18.2 Å². The van der Waals surface area contributed by atoms with E-state index in [0.29, 0.717) is 5.56 Å². The second-order valence-electron chi connectivity index (χ2n) is 3.89. The lowest BCUT2D eigenvalue weighted by Gasteiger charge is -2.05. The lowest BCUT2D eigenvalue weighted by Crippen LogP contribution is -1.98. The minimum atomic E-state index is -0.0305. The average molecular weight is 302 g/mol. The van der Waals surface area contributed by atoms with E-state index in [9.17, 15) is 5.26 Å². The zero-order chi connectivity index (χ0) is 14.1. The monoisotopic (exact) mass is 301 g/mol. The molecule has 0 aliphatic carbocycles. The molecule has 0 saturated carbocycles. The van der Waals surface area contributed by atoms with Crippen LogP contribution in [0.25, 0.3) is 22.3 Å². The molecule has 0 fully saturated rings. The maximum absolute atomic E-state index is 9.23. The van der Waals surface area contributed by atoms with Gasteiger partial charge in [-0.25, -0.2) is 4.98 Å². The molecule has 20 heavy (non-hydrogen) atoms. The zero-order valence-electron chi connectivity index (χ0n) is 9.88. The summed E-state index contributed by atoms with van der Waals surface area (Å²) in [5, 5.41) is 10.0. The molecule has 3 aromatic rings. The summed E-state index contributed by atoms with van der Waals surface area (Å²) in [6, 6.07) is 11.3. The van der Waals surface area contributed by atoms with E-state index in [1.54, 1.807) is 6.07 Å². The minimum Gasteiger partial charge on any atom is -0.236 e.